The van der Waals surface area contributed by atoms with Crippen LogP contribution >= 0.6 is 0 Å². The molecule has 4 rings (SSSR count). The van der Waals surface area contributed by atoms with Crippen molar-refractivity contribution in [3.05, 3.63) is 0 Å². The maximum Gasteiger partial charge on any atom is 0.303 e. The van der Waals surface area contributed by atoms with Crippen LogP contribution in [0.25, 0.3) is 0 Å². The van der Waals surface area contributed by atoms with Crippen molar-refractivity contribution in [1.82, 2.24) is 0 Å². The molecule has 4 nitrogen and oxygen atoms in total. The van der Waals surface area contributed by atoms with Crippen LogP contribution in [-0.2, 0) is 4.79 Å². The Morgan fingerprint density at radius 2 is 1.82 bits per heavy atom. The van der Waals surface area contributed by atoms with Gasteiger partial charge in [0.25, 0.3) is 0 Å². The standard InChI is InChI=1S/C24H40O4/c1-14(7-10-21(27)28)16-8-9-17-22-18(13-20(26)24(16,17)3)23(2)11-5-4-6-15(23)12-19(22)25/h14-20,22,25-26H,4-13H2,1-3H3,(H,27,28)/t14-,15-,16-,17+,18+,19+,20+,22+,23+,24-/m1/s1. The highest BCUT2D eigenvalue weighted by Gasteiger charge is 2.65. The summed E-state index contributed by atoms with van der Waals surface area (Å²) in [6.07, 6.45) is 9.32. The first-order chi connectivity index (χ1) is 13.2. The van der Waals surface area contributed by atoms with E-state index in [9.17, 15) is 15.0 Å². The van der Waals surface area contributed by atoms with E-state index in [1.54, 1.807) is 0 Å². The molecule has 0 bridgehead atoms. The van der Waals surface area contributed by atoms with Gasteiger partial charge >= 0.3 is 5.97 Å². The largest absolute Gasteiger partial charge is 0.481 e. The van der Waals surface area contributed by atoms with E-state index in [1.165, 1.54) is 25.7 Å². The highest BCUT2D eigenvalue weighted by Crippen LogP contribution is 2.68. The lowest BCUT2D eigenvalue weighted by molar-refractivity contribution is -0.201. The fourth-order valence-electron chi connectivity index (χ4n) is 8.74. The second-order valence-electron chi connectivity index (χ2n) is 11.3. The third kappa shape index (κ3) is 2.96. The fraction of sp³-hybridized carbons (Fsp3) is 0.958. The monoisotopic (exact) mass is 392 g/mol. The SMILES string of the molecule is C[C@H](CCC(=O)O)[C@H]1CC[C@H]2[C@@H]3[C@@H](O)C[C@H]4CCCC[C@]4(C)[C@H]3C[C@H](O)[C@]12C. The molecular formula is C24H40O4. The number of carbonyl (C=O) groups is 1. The van der Waals surface area contributed by atoms with E-state index in [0.717, 1.165) is 25.7 Å². The second kappa shape index (κ2) is 7.27. The molecule has 0 aromatic carbocycles. The van der Waals surface area contributed by atoms with Crippen LogP contribution < -0.4 is 0 Å². The molecule has 0 amide bonds. The number of carboxylic acid groups (broad SMARTS) is 1. The molecule has 10 atom stereocenters. The summed E-state index contributed by atoms with van der Waals surface area (Å²) in [5.41, 5.74) is 0.0927. The van der Waals surface area contributed by atoms with Gasteiger partial charge in [0.2, 0.25) is 0 Å². The minimum atomic E-state index is -0.727. The van der Waals surface area contributed by atoms with Gasteiger partial charge in [0, 0.05) is 6.42 Å². The van der Waals surface area contributed by atoms with Crippen molar-refractivity contribution in [2.45, 2.75) is 97.2 Å². The van der Waals surface area contributed by atoms with E-state index in [4.69, 9.17) is 5.11 Å². The minimum absolute atomic E-state index is 0.183. The first kappa shape index (κ1) is 20.7. The molecule has 0 aromatic rings. The van der Waals surface area contributed by atoms with Crippen LogP contribution in [0.1, 0.15) is 85.0 Å². The zero-order valence-corrected chi connectivity index (χ0v) is 17.9. The minimum Gasteiger partial charge on any atom is -0.481 e. The highest BCUT2D eigenvalue weighted by atomic mass is 16.4. The number of hydrogen-bond donors (Lipinski definition) is 3. The van der Waals surface area contributed by atoms with Crippen LogP contribution in [0.2, 0.25) is 0 Å². The van der Waals surface area contributed by atoms with E-state index in [2.05, 4.69) is 20.8 Å². The van der Waals surface area contributed by atoms with Gasteiger partial charge in [-0.15, -0.1) is 0 Å². The van der Waals surface area contributed by atoms with E-state index in [-0.39, 0.29) is 29.5 Å². The molecule has 0 unspecified atom stereocenters. The predicted molar refractivity (Wildman–Crippen MR) is 109 cm³/mol. The molecular weight excluding hydrogens is 352 g/mol. The maximum atomic E-state index is 11.5. The smallest absolute Gasteiger partial charge is 0.303 e. The van der Waals surface area contributed by atoms with Crippen LogP contribution in [0, 0.1) is 46.3 Å². The Bertz CT molecular complexity index is 605. The Morgan fingerprint density at radius 3 is 2.54 bits per heavy atom. The molecule has 4 aliphatic carbocycles. The summed E-state index contributed by atoms with van der Waals surface area (Å²) in [4.78, 5) is 11.1. The topological polar surface area (TPSA) is 77.8 Å². The zero-order valence-electron chi connectivity index (χ0n) is 17.9. The number of carboxylic acids is 1. The average Bonchev–Trinajstić information content (AvgIpc) is 3.00. The van der Waals surface area contributed by atoms with Crippen LogP contribution in [0.4, 0.5) is 0 Å². The first-order valence-corrected chi connectivity index (χ1v) is 11.8. The average molecular weight is 393 g/mol. The van der Waals surface area contributed by atoms with E-state index in [0.29, 0.717) is 41.9 Å². The van der Waals surface area contributed by atoms with E-state index in [1.807, 2.05) is 0 Å². The lowest BCUT2D eigenvalue weighted by Gasteiger charge is -2.63. The Hall–Kier alpha value is -0.610. The molecule has 0 spiro atoms. The molecule has 0 radical (unpaired) electrons. The van der Waals surface area contributed by atoms with Crippen molar-refractivity contribution in [2.24, 2.45) is 46.3 Å². The molecule has 4 aliphatic rings. The summed E-state index contributed by atoms with van der Waals surface area (Å²) in [6.45, 7) is 6.89. The number of aliphatic hydroxyl groups excluding tert-OH is 2. The maximum absolute atomic E-state index is 11.5. The summed E-state index contributed by atoms with van der Waals surface area (Å²) in [5, 5.41) is 31.8. The van der Waals surface area contributed by atoms with Crippen molar-refractivity contribution >= 4 is 5.97 Å². The third-order valence-corrected chi connectivity index (χ3v) is 10.3. The predicted octanol–water partition coefficient (Wildman–Crippen LogP) is 4.48. The first-order valence-electron chi connectivity index (χ1n) is 11.8. The van der Waals surface area contributed by atoms with E-state index < -0.39 is 5.97 Å². The van der Waals surface area contributed by atoms with Crippen molar-refractivity contribution in [3.63, 3.8) is 0 Å². The van der Waals surface area contributed by atoms with Crippen molar-refractivity contribution < 1.29 is 20.1 Å². The molecule has 4 fully saturated rings. The lowest BCUT2D eigenvalue weighted by Crippen LogP contribution is -2.61. The number of rotatable bonds is 4. The second-order valence-corrected chi connectivity index (χ2v) is 11.3. The molecule has 0 saturated heterocycles. The van der Waals surface area contributed by atoms with Gasteiger partial charge < -0.3 is 15.3 Å². The molecule has 3 N–H and O–H groups in total. The summed E-state index contributed by atoms with van der Waals surface area (Å²) >= 11 is 0. The van der Waals surface area contributed by atoms with Crippen molar-refractivity contribution in [1.29, 1.82) is 0 Å². The highest BCUT2D eigenvalue weighted by molar-refractivity contribution is 5.66. The summed E-state index contributed by atoms with van der Waals surface area (Å²) in [7, 11) is 0. The van der Waals surface area contributed by atoms with Crippen molar-refractivity contribution in [2.75, 3.05) is 0 Å². The van der Waals surface area contributed by atoms with Gasteiger partial charge in [-0.2, -0.15) is 0 Å². The normalized spacial score (nSPS) is 51.7. The number of hydrogen-bond acceptors (Lipinski definition) is 3. The molecule has 0 aromatic heterocycles. The van der Waals surface area contributed by atoms with Crippen LogP contribution in [0.15, 0.2) is 0 Å². The quantitative estimate of drug-likeness (QED) is 0.659. The Labute approximate surface area is 170 Å². The molecule has 160 valence electrons. The Balaban J connectivity index is 1.61. The van der Waals surface area contributed by atoms with Gasteiger partial charge in [-0.1, -0.05) is 33.6 Å². The number of aliphatic hydroxyl groups is 2. The molecule has 0 heterocycles. The Morgan fingerprint density at radius 1 is 1.07 bits per heavy atom. The zero-order chi connectivity index (χ0) is 20.3. The summed E-state index contributed by atoms with van der Waals surface area (Å²) in [6, 6.07) is 0. The molecule has 4 heteroatoms. The Kier molecular flexibility index (Phi) is 5.36. The summed E-state index contributed by atoms with van der Waals surface area (Å²) < 4.78 is 0. The number of fused-ring (bicyclic) bond motifs is 5. The summed E-state index contributed by atoms with van der Waals surface area (Å²) in [5.74, 6) is 1.66. The molecule has 0 aliphatic heterocycles. The van der Waals surface area contributed by atoms with Crippen molar-refractivity contribution in [3.8, 4) is 0 Å². The van der Waals surface area contributed by atoms with Crippen LogP contribution in [0.5, 0.6) is 0 Å². The van der Waals surface area contributed by atoms with Gasteiger partial charge in [-0.05, 0) is 91.3 Å². The lowest BCUT2D eigenvalue weighted by atomic mass is 9.43. The molecule has 4 saturated carbocycles. The molecule has 28 heavy (non-hydrogen) atoms. The van der Waals surface area contributed by atoms with E-state index >= 15 is 0 Å². The number of aliphatic carboxylic acids is 1. The van der Waals surface area contributed by atoms with Gasteiger partial charge in [0.05, 0.1) is 12.2 Å². The van der Waals surface area contributed by atoms with Crippen LogP contribution in [-0.4, -0.2) is 33.5 Å². The van der Waals surface area contributed by atoms with Gasteiger partial charge in [-0.25, -0.2) is 0 Å². The van der Waals surface area contributed by atoms with Gasteiger partial charge in [0.15, 0.2) is 0 Å². The van der Waals surface area contributed by atoms with Gasteiger partial charge in [-0.3, -0.25) is 4.79 Å². The fourth-order valence-corrected chi connectivity index (χ4v) is 8.74. The van der Waals surface area contributed by atoms with Crippen LogP contribution in [0.3, 0.4) is 0 Å². The third-order valence-electron chi connectivity index (χ3n) is 10.3. The van der Waals surface area contributed by atoms with Gasteiger partial charge in [0.1, 0.15) is 0 Å².